The summed E-state index contributed by atoms with van der Waals surface area (Å²) >= 11 is 0. The molecule has 108 valence electrons. The van der Waals surface area contributed by atoms with Crippen molar-refractivity contribution in [3.05, 3.63) is 23.7 Å². The first-order valence-corrected chi connectivity index (χ1v) is 7.32. The first-order chi connectivity index (χ1) is 9.16. The second kappa shape index (κ2) is 7.08. The standard InChI is InChI=1S/C15H27N3O/c1-13-6-7-15(19-13)14(17(2)3)5-4-10-18-11-8-16-9-12-18/h6-7,14,16H,4-5,8-12H2,1-3H3. The molecular weight excluding hydrogens is 238 g/mol. The molecule has 0 aliphatic carbocycles. The largest absolute Gasteiger partial charge is 0.465 e. The summed E-state index contributed by atoms with van der Waals surface area (Å²) in [5.41, 5.74) is 0. The minimum absolute atomic E-state index is 0.400. The van der Waals surface area contributed by atoms with E-state index in [0.717, 1.165) is 31.0 Å². The predicted molar refractivity (Wildman–Crippen MR) is 78.4 cm³/mol. The lowest BCUT2D eigenvalue weighted by atomic mass is 10.1. The number of piperazine rings is 1. The zero-order valence-electron chi connectivity index (χ0n) is 12.5. The second-order valence-electron chi connectivity index (χ2n) is 5.66. The number of rotatable bonds is 6. The Hall–Kier alpha value is -0.840. The average Bonchev–Trinajstić information content (AvgIpc) is 2.82. The van der Waals surface area contributed by atoms with Crippen molar-refractivity contribution in [2.24, 2.45) is 0 Å². The lowest BCUT2D eigenvalue weighted by Crippen LogP contribution is -2.43. The van der Waals surface area contributed by atoms with Crippen LogP contribution < -0.4 is 5.32 Å². The van der Waals surface area contributed by atoms with Crippen molar-refractivity contribution in [3.8, 4) is 0 Å². The molecule has 19 heavy (non-hydrogen) atoms. The molecule has 1 aliphatic heterocycles. The van der Waals surface area contributed by atoms with Crippen LogP contribution in [-0.2, 0) is 0 Å². The number of hydrogen-bond donors (Lipinski definition) is 1. The molecule has 1 unspecified atom stereocenters. The summed E-state index contributed by atoms with van der Waals surface area (Å²) in [5.74, 6) is 2.10. The van der Waals surface area contributed by atoms with Crippen LogP contribution in [0.2, 0.25) is 0 Å². The summed E-state index contributed by atoms with van der Waals surface area (Å²) in [6, 6.07) is 4.57. The Morgan fingerprint density at radius 3 is 2.63 bits per heavy atom. The number of aryl methyl sites for hydroxylation is 1. The highest BCUT2D eigenvalue weighted by molar-refractivity contribution is 5.09. The van der Waals surface area contributed by atoms with E-state index in [-0.39, 0.29) is 0 Å². The summed E-state index contributed by atoms with van der Waals surface area (Å²) in [4.78, 5) is 4.81. The molecule has 4 heteroatoms. The predicted octanol–water partition coefficient (Wildman–Crippen LogP) is 1.88. The molecule has 4 nitrogen and oxygen atoms in total. The van der Waals surface area contributed by atoms with Crippen molar-refractivity contribution in [1.29, 1.82) is 0 Å². The Bertz CT molecular complexity index is 369. The molecule has 0 aromatic carbocycles. The van der Waals surface area contributed by atoms with Gasteiger partial charge in [-0.05, 0) is 52.5 Å². The Kier molecular flexibility index (Phi) is 5.43. The smallest absolute Gasteiger partial charge is 0.121 e. The SMILES string of the molecule is Cc1ccc(C(CCCN2CCNCC2)N(C)C)o1. The lowest BCUT2D eigenvalue weighted by Gasteiger charge is -2.28. The van der Waals surface area contributed by atoms with Gasteiger partial charge in [0.1, 0.15) is 11.5 Å². The molecule has 1 N–H and O–H groups in total. The highest BCUT2D eigenvalue weighted by atomic mass is 16.3. The van der Waals surface area contributed by atoms with Crippen LogP contribution in [-0.4, -0.2) is 56.6 Å². The van der Waals surface area contributed by atoms with E-state index in [2.05, 4.69) is 41.3 Å². The van der Waals surface area contributed by atoms with Gasteiger partial charge in [0.25, 0.3) is 0 Å². The van der Waals surface area contributed by atoms with Crippen molar-refractivity contribution in [2.75, 3.05) is 46.8 Å². The molecular formula is C15H27N3O. The third kappa shape index (κ3) is 4.34. The van der Waals surface area contributed by atoms with Gasteiger partial charge in [-0.25, -0.2) is 0 Å². The molecule has 1 aromatic rings. The van der Waals surface area contributed by atoms with E-state index >= 15 is 0 Å². The van der Waals surface area contributed by atoms with Crippen LogP contribution >= 0.6 is 0 Å². The van der Waals surface area contributed by atoms with Crippen LogP contribution in [0.3, 0.4) is 0 Å². The van der Waals surface area contributed by atoms with Gasteiger partial charge in [-0.15, -0.1) is 0 Å². The number of furan rings is 1. The van der Waals surface area contributed by atoms with Crippen molar-refractivity contribution < 1.29 is 4.42 Å². The highest BCUT2D eigenvalue weighted by Gasteiger charge is 2.18. The summed E-state index contributed by atoms with van der Waals surface area (Å²) in [5, 5.41) is 3.40. The summed E-state index contributed by atoms with van der Waals surface area (Å²) < 4.78 is 5.78. The lowest BCUT2D eigenvalue weighted by molar-refractivity contribution is 0.204. The van der Waals surface area contributed by atoms with Crippen LogP contribution in [0.15, 0.2) is 16.5 Å². The third-order valence-electron chi connectivity index (χ3n) is 3.87. The van der Waals surface area contributed by atoms with E-state index in [9.17, 15) is 0 Å². The van der Waals surface area contributed by atoms with Gasteiger partial charge in [0.05, 0.1) is 6.04 Å². The maximum absolute atomic E-state index is 5.78. The first kappa shape index (κ1) is 14.6. The fourth-order valence-corrected chi connectivity index (χ4v) is 2.73. The van der Waals surface area contributed by atoms with Crippen molar-refractivity contribution in [3.63, 3.8) is 0 Å². The number of hydrogen-bond acceptors (Lipinski definition) is 4. The second-order valence-corrected chi connectivity index (χ2v) is 5.66. The minimum atomic E-state index is 0.400. The van der Waals surface area contributed by atoms with Gasteiger partial charge in [0, 0.05) is 26.2 Å². The first-order valence-electron chi connectivity index (χ1n) is 7.32. The molecule has 1 atom stereocenters. The molecule has 1 fully saturated rings. The van der Waals surface area contributed by atoms with E-state index in [1.165, 1.54) is 26.1 Å². The molecule has 0 spiro atoms. The van der Waals surface area contributed by atoms with Crippen LogP contribution in [0.25, 0.3) is 0 Å². The monoisotopic (exact) mass is 265 g/mol. The van der Waals surface area contributed by atoms with Crippen LogP contribution in [0.1, 0.15) is 30.4 Å². The molecule has 2 rings (SSSR count). The molecule has 2 heterocycles. The van der Waals surface area contributed by atoms with E-state index in [1.54, 1.807) is 0 Å². The van der Waals surface area contributed by atoms with Gasteiger partial charge < -0.3 is 14.6 Å². The van der Waals surface area contributed by atoms with E-state index in [4.69, 9.17) is 4.42 Å². The molecule has 1 aromatic heterocycles. The van der Waals surface area contributed by atoms with E-state index in [0.29, 0.717) is 6.04 Å². The van der Waals surface area contributed by atoms with Crippen molar-refractivity contribution in [1.82, 2.24) is 15.1 Å². The quantitative estimate of drug-likeness (QED) is 0.851. The highest BCUT2D eigenvalue weighted by Crippen LogP contribution is 2.25. The summed E-state index contributed by atoms with van der Waals surface area (Å²) in [6.07, 6.45) is 2.38. The molecule has 0 amide bonds. The Morgan fingerprint density at radius 2 is 2.05 bits per heavy atom. The van der Waals surface area contributed by atoms with Gasteiger partial charge in [0.2, 0.25) is 0 Å². The van der Waals surface area contributed by atoms with E-state index in [1.807, 2.05) is 6.92 Å². The van der Waals surface area contributed by atoms with Gasteiger partial charge in [-0.1, -0.05) is 0 Å². The van der Waals surface area contributed by atoms with Crippen LogP contribution in [0.5, 0.6) is 0 Å². The van der Waals surface area contributed by atoms with Crippen molar-refractivity contribution in [2.45, 2.75) is 25.8 Å². The van der Waals surface area contributed by atoms with Gasteiger partial charge in [-0.3, -0.25) is 4.90 Å². The van der Waals surface area contributed by atoms with Gasteiger partial charge in [-0.2, -0.15) is 0 Å². The topological polar surface area (TPSA) is 31.6 Å². The Morgan fingerprint density at radius 1 is 1.32 bits per heavy atom. The summed E-state index contributed by atoms with van der Waals surface area (Å²) in [6.45, 7) is 7.85. The third-order valence-corrected chi connectivity index (χ3v) is 3.87. The van der Waals surface area contributed by atoms with Crippen molar-refractivity contribution >= 4 is 0 Å². The summed E-state index contributed by atoms with van der Waals surface area (Å²) in [7, 11) is 4.26. The van der Waals surface area contributed by atoms with Crippen LogP contribution in [0.4, 0.5) is 0 Å². The van der Waals surface area contributed by atoms with Gasteiger partial charge >= 0.3 is 0 Å². The minimum Gasteiger partial charge on any atom is -0.465 e. The molecule has 1 aliphatic rings. The zero-order chi connectivity index (χ0) is 13.7. The zero-order valence-corrected chi connectivity index (χ0v) is 12.5. The van der Waals surface area contributed by atoms with Gasteiger partial charge in [0.15, 0.2) is 0 Å². The van der Waals surface area contributed by atoms with Crippen LogP contribution in [0, 0.1) is 6.92 Å². The molecule has 0 saturated carbocycles. The maximum Gasteiger partial charge on any atom is 0.121 e. The normalized spacial score (nSPS) is 18.9. The van der Waals surface area contributed by atoms with E-state index < -0.39 is 0 Å². The maximum atomic E-state index is 5.78. The Balaban J connectivity index is 1.80. The average molecular weight is 265 g/mol. The number of nitrogens with one attached hydrogen (secondary N) is 1. The number of nitrogens with zero attached hydrogens (tertiary/aromatic N) is 2. The fraction of sp³-hybridized carbons (Fsp3) is 0.733. The Labute approximate surface area is 116 Å². The molecule has 0 radical (unpaired) electrons. The molecule has 1 saturated heterocycles. The molecule has 0 bridgehead atoms. The fourth-order valence-electron chi connectivity index (χ4n) is 2.73.